The highest BCUT2D eigenvalue weighted by Crippen LogP contribution is 2.22. The van der Waals surface area contributed by atoms with E-state index in [-0.39, 0.29) is 0 Å². The van der Waals surface area contributed by atoms with Crippen LogP contribution in [0.1, 0.15) is 18.1 Å². The standard InChI is InChI=1S/C14H19NO3/c1-4-15(2)10-12-9-11(6-8-14(16)17)5-7-13(12)18-3/h5-9H,4,10H2,1-3H3,(H,16,17)/b8-6+. The topological polar surface area (TPSA) is 49.8 Å². The molecule has 0 radical (unpaired) electrons. The molecule has 0 bridgehead atoms. The van der Waals surface area contributed by atoms with E-state index in [0.29, 0.717) is 0 Å². The van der Waals surface area contributed by atoms with E-state index in [0.717, 1.165) is 36.0 Å². The predicted molar refractivity (Wildman–Crippen MR) is 71.7 cm³/mol. The number of carbonyl (C=O) groups is 1. The predicted octanol–water partition coefficient (Wildman–Crippen LogP) is 2.24. The number of carboxylic acid groups (broad SMARTS) is 1. The number of nitrogens with zero attached hydrogens (tertiary/aromatic N) is 1. The van der Waals surface area contributed by atoms with Gasteiger partial charge in [-0.15, -0.1) is 0 Å². The van der Waals surface area contributed by atoms with Crippen molar-refractivity contribution in [3.05, 3.63) is 35.4 Å². The van der Waals surface area contributed by atoms with E-state index in [1.54, 1.807) is 13.2 Å². The number of rotatable bonds is 6. The summed E-state index contributed by atoms with van der Waals surface area (Å²) in [5.41, 5.74) is 1.91. The molecule has 1 N–H and O–H groups in total. The van der Waals surface area contributed by atoms with E-state index in [1.807, 2.05) is 25.2 Å². The minimum atomic E-state index is -0.946. The van der Waals surface area contributed by atoms with Gasteiger partial charge in [0.25, 0.3) is 0 Å². The van der Waals surface area contributed by atoms with Crippen molar-refractivity contribution < 1.29 is 14.6 Å². The fourth-order valence-corrected chi connectivity index (χ4v) is 1.60. The molecule has 1 aromatic carbocycles. The molecular formula is C14H19NO3. The van der Waals surface area contributed by atoms with Gasteiger partial charge in [0.15, 0.2) is 0 Å². The summed E-state index contributed by atoms with van der Waals surface area (Å²) in [5.74, 6) is -0.124. The van der Waals surface area contributed by atoms with E-state index in [4.69, 9.17) is 9.84 Å². The normalized spacial score (nSPS) is 11.1. The van der Waals surface area contributed by atoms with Crippen LogP contribution in [0.15, 0.2) is 24.3 Å². The van der Waals surface area contributed by atoms with Crippen LogP contribution in [0.4, 0.5) is 0 Å². The number of ether oxygens (including phenoxy) is 1. The zero-order chi connectivity index (χ0) is 13.5. The molecule has 18 heavy (non-hydrogen) atoms. The summed E-state index contributed by atoms with van der Waals surface area (Å²) in [4.78, 5) is 12.6. The Morgan fingerprint density at radius 3 is 2.78 bits per heavy atom. The first-order valence-corrected chi connectivity index (χ1v) is 5.83. The lowest BCUT2D eigenvalue weighted by atomic mass is 10.1. The van der Waals surface area contributed by atoms with Crippen molar-refractivity contribution >= 4 is 12.0 Å². The Labute approximate surface area is 107 Å². The SMILES string of the molecule is CCN(C)Cc1cc(/C=C/C(=O)O)ccc1OC. The highest BCUT2D eigenvalue weighted by atomic mass is 16.5. The molecule has 4 nitrogen and oxygen atoms in total. The maximum atomic E-state index is 10.5. The van der Waals surface area contributed by atoms with Gasteiger partial charge in [0.2, 0.25) is 0 Å². The highest BCUT2D eigenvalue weighted by molar-refractivity contribution is 5.85. The molecule has 0 atom stereocenters. The Bertz CT molecular complexity index is 441. The van der Waals surface area contributed by atoms with Crippen molar-refractivity contribution in [3.8, 4) is 5.75 Å². The van der Waals surface area contributed by atoms with E-state index in [2.05, 4.69) is 11.8 Å². The average molecular weight is 249 g/mol. The summed E-state index contributed by atoms with van der Waals surface area (Å²) in [5, 5.41) is 8.61. The van der Waals surface area contributed by atoms with Crippen molar-refractivity contribution in [1.82, 2.24) is 4.90 Å². The molecule has 0 amide bonds. The van der Waals surface area contributed by atoms with Gasteiger partial charge in [-0.05, 0) is 37.4 Å². The third kappa shape index (κ3) is 4.22. The Hall–Kier alpha value is -1.81. The molecule has 0 spiro atoms. The molecule has 0 unspecified atom stereocenters. The second-order valence-electron chi connectivity index (χ2n) is 4.07. The van der Waals surface area contributed by atoms with Gasteiger partial charge in [-0.3, -0.25) is 0 Å². The molecule has 98 valence electrons. The lowest BCUT2D eigenvalue weighted by Gasteiger charge is -2.16. The van der Waals surface area contributed by atoms with E-state index >= 15 is 0 Å². The van der Waals surface area contributed by atoms with E-state index < -0.39 is 5.97 Å². The molecule has 0 aliphatic heterocycles. The van der Waals surface area contributed by atoms with Crippen LogP contribution in [0.2, 0.25) is 0 Å². The highest BCUT2D eigenvalue weighted by Gasteiger charge is 2.06. The molecule has 0 aliphatic carbocycles. The molecule has 0 fully saturated rings. The van der Waals surface area contributed by atoms with Crippen LogP contribution >= 0.6 is 0 Å². The van der Waals surface area contributed by atoms with Crippen molar-refractivity contribution in [3.63, 3.8) is 0 Å². The van der Waals surface area contributed by atoms with Gasteiger partial charge in [-0.25, -0.2) is 4.79 Å². The third-order valence-electron chi connectivity index (χ3n) is 2.70. The van der Waals surface area contributed by atoms with E-state index in [1.165, 1.54) is 0 Å². The van der Waals surface area contributed by atoms with E-state index in [9.17, 15) is 4.79 Å². The minimum absolute atomic E-state index is 0.772. The maximum absolute atomic E-state index is 10.5. The number of hydrogen-bond acceptors (Lipinski definition) is 3. The van der Waals surface area contributed by atoms with Gasteiger partial charge >= 0.3 is 5.97 Å². The molecule has 0 saturated heterocycles. The molecule has 1 rings (SSSR count). The van der Waals surface area contributed by atoms with Crippen molar-refractivity contribution in [1.29, 1.82) is 0 Å². The van der Waals surface area contributed by atoms with Crippen molar-refractivity contribution in [2.45, 2.75) is 13.5 Å². The number of hydrogen-bond donors (Lipinski definition) is 1. The first-order chi connectivity index (χ1) is 8.56. The van der Waals surface area contributed by atoms with Crippen LogP contribution in [-0.2, 0) is 11.3 Å². The monoisotopic (exact) mass is 249 g/mol. The summed E-state index contributed by atoms with van der Waals surface area (Å²) in [6, 6.07) is 5.65. The molecule has 0 saturated carbocycles. The fourth-order valence-electron chi connectivity index (χ4n) is 1.60. The van der Waals surface area contributed by atoms with Crippen LogP contribution in [0, 0.1) is 0 Å². The number of benzene rings is 1. The smallest absolute Gasteiger partial charge is 0.328 e. The van der Waals surface area contributed by atoms with Crippen molar-refractivity contribution in [2.24, 2.45) is 0 Å². The molecule has 0 aromatic heterocycles. The zero-order valence-electron chi connectivity index (χ0n) is 11.0. The summed E-state index contributed by atoms with van der Waals surface area (Å²) < 4.78 is 5.30. The Morgan fingerprint density at radius 1 is 1.50 bits per heavy atom. The van der Waals surface area contributed by atoms with Crippen LogP contribution in [-0.4, -0.2) is 36.7 Å². The van der Waals surface area contributed by atoms with Gasteiger partial charge in [0.1, 0.15) is 5.75 Å². The van der Waals surface area contributed by atoms with Crippen LogP contribution < -0.4 is 4.74 Å². The van der Waals surface area contributed by atoms with Gasteiger partial charge in [0.05, 0.1) is 7.11 Å². The Balaban J connectivity index is 2.97. The minimum Gasteiger partial charge on any atom is -0.496 e. The van der Waals surface area contributed by atoms with Gasteiger partial charge in [0, 0.05) is 18.2 Å². The van der Waals surface area contributed by atoms with Gasteiger partial charge in [-0.2, -0.15) is 0 Å². The van der Waals surface area contributed by atoms with Crippen LogP contribution in [0.25, 0.3) is 6.08 Å². The molecule has 0 aliphatic rings. The zero-order valence-corrected chi connectivity index (χ0v) is 11.0. The first-order valence-electron chi connectivity index (χ1n) is 5.83. The average Bonchev–Trinajstić information content (AvgIpc) is 2.36. The Morgan fingerprint density at radius 2 is 2.22 bits per heavy atom. The summed E-state index contributed by atoms with van der Waals surface area (Å²) >= 11 is 0. The molecule has 1 aromatic rings. The first kappa shape index (κ1) is 14.3. The fraction of sp³-hybridized carbons (Fsp3) is 0.357. The second kappa shape index (κ2) is 6.81. The lowest BCUT2D eigenvalue weighted by molar-refractivity contribution is -0.131. The summed E-state index contributed by atoms with van der Waals surface area (Å²) in [6.45, 7) is 3.80. The summed E-state index contributed by atoms with van der Waals surface area (Å²) in [6.07, 6.45) is 2.71. The quantitative estimate of drug-likeness (QED) is 0.786. The van der Waals surface area contributed by atoms with Gasteiger partial charge in [-0.1, -0.05) is 13.0 Å². The largest absolute Gasteiger partial charge is 0.496 e. The molecular weight excluding hydrogens is 230 g/mol. The van der Waals surface area contributed by atoms with Gasteiger partial charge < -0.3 is 14.7 Å². The lowest BCUT2D eigenvalue weighted by Crippen LogP contribution is -2.17. The Kier molecular flexibility index (Phi) is 5.39. The third-order valence-corrected chi connectivity index (χ3v) is 2.70. The molecule has 0 heterocycles. The second-order valence-corrected chi connectivity index (χ2v) is 4.07. The van der Waals surface area contributed by atoms with Crippen LogP contribution in [0.5, 0.6) is 5.75 Å². The number of aliphatic carboxylic acids is 1. The molecule has 4 heteroatoms. The maximum Gasteiger partial charge on any atom is 0.328 e. The number of carboxylic acids is 1. The number of methoxy groups -OCH3 is 1. The van der Waals surface area contributed by atoms with Crippen LogP contribution in [0.3, 0.4) is 0 Å². The van der Waals surface area contributed by atoms with Crippen molar-refractivity contribution in [2.75, 3.05) is 20.7 Å². The summed E-state index contributed by atoms with van der Waals surface area (Å²) in [7, 11) is 3.66.